The van der Waals surface area contributed by atoms with E-state index in [4.69, 9.17) is 4.74 Å². The van der Waals surface area contributed by atoms with Gasteiger partial charge in [0.15, 0.2) is 5.82 Å². The smallest absolute Gasteiger partial charge is 0.319 e. The molecule has 1 aromatic heterocycles. The highest BCUT2D eigenvalue weighted by Crippen LogP contribution is 2.46. The van der Waals surface area contributed by atoms with Crippen LogP contribution in [0.3, 0.4) is 0 Å². The molecule has 3 aliphatic rings. The molecule has 0 unspecified atom stereocenters. The van der Waals surface area contributed by atoms with Crippen LogP contribution in [0, 0.1) is 23.0 Å². The molecule has 1 amide bonds. The Morgan fingerprint density at radius 2 is 1.89 bits per heavy atom. The van der Waals surface area contributed by atoms with Crippen LogP contribution in [0.5, 0.6) is 6.01 Å². The summed E-state index contributed by atoms with van der Waals surface area (Å²) in [5, 5.41) is 10.7. The number of benzene rings is 3. The summed E-state index contributed by atoms with van der Waals surface area (Å²) in [7, 11) is 0. The topological polar surface area (TPSA) is 85.6 Å². The fourth-order valence-electron chi connectivity index (χ4n) is 7.57. The number of alkyl halides is 2. The SMILES string of the molecule is C=CC(=O)N1CCN(c2nc(OC[C@@]34CCCN3CC(F)(F)C4)nc3c(F)c(-c4cccc5cccc(F)c45)ccc23)C[C@@H]1CC#N. The van der Waals surface area contributed by atoms with Crippen LogP contribution in [0.1, 0.15) is 25.7 Å². The minimum Gasteiger partial charge on any atom is -0.461 e. The van der Waals surface area contributed by atoms with Crippen LogP contribution in [0.4, 0.5) is 23.4 Å². The normalized spacial score (nSPS) is 22.4. The van der Waals surface area contributed by atoms with Gasteiger partial charge in [-0.25, -0.2) is 17.6 Å². The number of rotatable bonds is 7. The Morgan fingerprint density at radius 3 is 2.68 bits per heavy atom. The van der Waals surface area contributed by atoms with Crippen LogP contribution in [-0.4, -0.2) is 82.5 Å². The summed E-state index contributed by atoms with van der Waals surface area (Å²) >= 11 is 0. The number of piperazine rings is 1. The molecular weight excluding hydrogens is 612 g/mol. The third-order valence-electron chi connectivity index (χ3n) is 9.70. The molecule has 0 spiro atoms. The van der Waals surface area contributed by atoms with Gasteiger partial charge in [0.1, 0.15) is 23.8 Å². The van der Waals surface area contributed by atoms with Gasteiger partial charge in [-0.15, -0.1) is 0 Å². The fourth-order valence-corrected chi connectivity index (χ4v) is 7.57. The Kier molecular flexibility index (Phi) is 7.75. The largest absolute Gasteiger partial charge is 0.461 e. The van der Waals surface area contributed by atoms with Gasteiger partial charge in [0.05, 0.1) is 30.6 Å². The van der Waals surface area contributed by atoms with Crippen molar-refractivity contribution < 1.29 is 27.1 Å². The van der Waals surface area contributed by atoms with Gasteiger partial charge in [-0.1, -0.05) is 43.0 Å². The Balaban J connectivity index is 1.33. The molecule has 3 saturated heterocycles. The van der Waals surface area contributed by atoms with E-state index in [0.717, 1.165) is 6.42 Å². The average molecular weight is 645 g/mol. The number of amides is 1. The van der Waals surface area contributed by atoms with Crippen molar-refractivity contribution in [1.29, 1.82) is 5.26 Å². The van der Waals surface area contributed by atoms with E-state index >= 15 is 8.78 Å². The van der Waals surface area contributed by atoms with Crippen molar-refractivity contribution in [3.05, 3.63) is 72.8 Å². The van der Waals surface area contributed by atoms with Gasteiger partial charge in [0, 0.05) is 42.4 Å². The molecule has 0 radical (unpaired) electrons. The number of carbonyl (C=O) groups excluding carboxylic acids is 1. The predicted octanol–water partition coefficient (Wildman–Crippen LogP) is 6.10. The second-order valence-corrected chi connectivity index (χ2v) is 12.6. The Morgan fingerprint density at radius 1 is 1.09 bits per heavy atom. The number of aromatic nitrogens is 2. The van der Waals surface area contributed by atoms with Crippen LogP contribution in [0.15, 0.2) is 61.2 Å². The standard InChI is InChI=1S/C35H32F4N6O2/c1-2-28(46)45-17-16-43(18-23(45)12-14-40)32-26-11-10-25(24-8-3-6-22-7-4-9-27(36)29(22)24)30(37)31(26)41-33(42-32)47-21-34-13-5-15-44(34)20-35(38,39)19-34/h2-4,6-11,23H,1,5,12-13,15-21H2/t23-,34-/m0/s1. The zero-order valence-electron chi connectivity index (χ0n) is 25.6. The number of halogens is 4. The molecule has 0 N–H and O–H groups in total. The second kappa shape index (κ2) is 11.8. The third-order valence-corrected chi connectivity index (χ3v) is 9.70. The van der Waals surface area contributed by atoms with Crippen molar-refractivity contribution in [3.63, 3.8) is 0 Å². The maximum Gasteiger partial charge on any atom is 0.319 e. The monoisotopic (exact) mass is 644 g/mol. The lowest BCUT2D eigenvalue weighted by molar-refractivity contribution is -0.128. The zero-order chi connectivity index (χ0) is 32.9. The first-order valence-corrected chi connectivity index (χ1v) is 15.6. The lowest BCUT2D eigenvalue weighted by atomic mass is 9.94. The van der Waals surface area contributed by atoms with Crippen LogP contribution < -0.4 is 9.64 Å². The molecule has 0 saturated carbocycles. The highest BCUT2D eigenvalue weighted by Gasteiger charge is 2.57. The fraction of sp³-hybridized carbons (Fsp3) is 0.371. The van der Waals surface area contributed by atoms with Crippen molar-refractivity contribution in [2.24, 2.45) is 0 Å². The summed E-state index contributed by atoms with van der Waals surface area (Å²) in [5.74, 6) is -4.02. The number of carbonyl (C=O) groups is 1. The molecule has 47 heavy (non-hydrogen) atoms. The quantitative estimate of drug-likeness (QED) is 0.178. The number of ether oxygens (including phenoxy) is 1. The van der Waals surface area contributed by atoms with Crippen molar-refractivity contribution in [2.45, 2.75) is 43.2 Å². The molecule has 3 aliphatic heterocycles. The molecule has 7 rings (SSSR count). The van der Waals surface area contributed by atoms with Gasteiger partial charge in [0.2, 0.25) is 5.91 Å². The van der Waals surface area contributed by atoms with E-state index in [1.807, 2.05) is 4.90 Å². The Hall–Kier alpha value is -4.76. The summed E-state index contributed by atoms with van der Waals surface area (Å²) in [5.41, 5.74) is -0.475. The minimum absolute atomic E-state index is 0.0557. The second-order valence-electron chi connectivity index (χ2n) is 12.6. The molecule has 12 heteroatoms. The summed E-state index contributed by atoms with van der Waals surface area (Å²) in [4.78, 5) is 26.9. The molecule has 2 atom stereocenters. The molecule has 8 nitrogen and oxygen atoms in total. The van der Waals surface area contributed by atoms with Crippen molar-refractivity contribution in [3.8, 4) is 23.2 Å². The molecule has 4 heterocycles. The summed E-state index contributed by atoms with van der Waals surface area (Å²) in [6, 6.07) is 14.5. The first-order valence-electron chi connectivity index (χ1n) is 15.6. The van der Waals surface area contributed by atoms with Crippen LogP contribution >= 0.6 is 0 Å². The van der Waals surface area contributed by atoms with E-state index in [9.17, 15) is 18.8 Å². The minimum atomic E-state index is -2.84. The van der Waals surface area contributed by atoms with E-state index in [-0.39, 0.29) is 67.5 Å². The van der Waals surface area contributed by atoms with E-state index in [1.165, 1.54) is 12.1 Å². The molecule has 3 fully saturated rings. The molecule has 0 aliphatic carbocycles. The van der Waals surface area contributed by atoms with Gasteiger partial charge >= 0.3 is 6.01 Å². The first kappa shape index (κ1) is 30.9. The van der Waals surface area contributed by atoms with Crippen molar-refractivity contribution in [1.82, 2.24) is 19.8 Å². The summed E-state index contributed by atoms with van der Waals surface area (Å²) in [6.45, 7) is 4.48. The predicted molar refractivity (Wildman–Crippen MR) is 169 cm³/mol. The van der Waals surface area contributed by atoms with Crippen LogP contribution in [-0.2, 0) is 4.79 Å². The third kappa shape index (κ3) is 5.42. The van der Waals surface area contributed by atoms with Crippen LogP contribution in [0.2, 0.25) is 0 Å². The van der Waals surface area contributed by atoms with Gasteiger partial charge in [-0.2, -0.15) is 15.2 Å². The molecular formula is C35H32F4N6O2. The number of nitrogens with zero attached hydrogens (tertiary/aromatic N) is 6. The highest BCUT2D eigenvalue weighted by atomic mass is 19.3. The number of fused-ring (bicyclic) bond motifs is 3. The zero-order valence-corrected chi connectivity index (χ0v) is 25.6. The number of nitriles is 1. The van der Waals surface area contributed by atoms with E-state index < -0.39 is 29.1 Å². The lowest BCUT2D eigenvalue weighted by Crippen LogP contribution is -2.55. The maximum absolute atomic E-state index is 16.7. The van der Waals surface area contributed by atoms with Gasteiger partial charge in [0.25, 0.3) is 5.92 Å². The van der Waals surface area contributed by atoms with E-state index in [0.29, 0.717) is 41.7 Å². The lowest BCUT2D eigenvalue weighted by Gasteiger charge is -2.41. The van der Waals surface area contributed by atoms with Gasteiger partial charge in [-0.05, 0) is 48.5 Å². The Labute approximate surface area is 268 Å². The Bertz CT molecular complexity index is 1940. The van der Waals surface area contributed by atoms with Crippen LogP contribution in [0.25, 0.3) is 32.8 Å². The summed E-state index contributed by atoms with van der Waals surface area (Å²) in [6.07, 6.45) is 2.21. The average Bonchev–Trinajstić information content (AvgIpc) is 3.55. The van der Waals surface area contributed by atoms with Gasteiger partial charge < -0.3 is 14.5 Å². The van der Waals surface area contributed by atoms with Crippen molar-refractivity contribution >= 4 is 33.4 Å². The number of hydrogen-bond donors (Lipinski definition) is 0. The van der Waals surface area contributed by atoms with Crippen molar-refractivity contribution in [2.75, 3.05) is 44.2 Å². The molecule has 4 aromatic rings. The van der Waals surface area contributed by atoms with Gasteiger partial charge in [-0.3, -0.25) is 9.69 Å². The molecule has 3 aromatic carbocycles. The highest BCUT2D eigenvalue weighted by molar-refractivity contribution is 6.01. The molecule has 242 valence electrons. The molecule has 0 bridgehead atoms. The maximum atomic E-state index is 16.7. The van der Waals surface area contributed by atoms with E-state index in [2.05, 4.69) is 22.6 Å². The first-order chi connectivity index (χ1) is 22.6. The van der Waals surface area contributed by atoms with E-state index in [1.54, 1.807) is 52.3 Å². The number of hydrogen-bond acceptors (Lipinski definition) is 7. The summed E-state index contributed by atoms with van der Waals surface area (Å²) < 4.78 is 66.9. The number of anilines is 1.